The van der Waals surface area contributed by atoms with Gasteiger partial charge in [-0.1, -0.05) is 12.5 Å². The lowest BCUT2D eigenvalue weighted by atomic mass is 9.52. The second-order valence-corrected chi connectivity index (χ2v) is 7.80. The SMILES string of the molecule is C[C@]12CCC3C(CCC4=CC(O)=CC[C@H]43)C1CCC2O. The number of fused-ring (bicyclic) bond motifs is 5. The van der Waals surface area contributed by atoms with E-state index < -0.39 is 0 Å². The molecule has 4 unspecified atom stereocenters. The van der Waals surface area contributed by atoms with Crippen LogP contribution in [0.5, 0.6) is 0 Å². The number of allylic oxidation sites excluding steroid dienone is 3. The average molecular weight is 274 g/mol. The predicted octanol–water partition coefficient (Wildman–Crippen LogP) is 3.97. The zero-order chi connectivity index (χ0) is 13.9. The van der Waals surface area contributed by atoms with E-state index in [2.05, 4.69) is 6.92 Å². The molecule has 0 spiro atoms. The van der Waals surface area contributed by atoms with E-state index in [0.717, 1.165) is 37.0 Å². The third kappa shape index (κ3) is 1.67. The maximum atomic E-state index is 10.4. The minimum atomic E-state index is -0.0688. The zero-order valence-electron chi connectivity index (χ0n) is 12.4. The number of aliphatic hydroxyl groups excluding tert-OH is 2. The summed E-state index contributed by atoms with van der Waals surface area (Å²) in [5.41, 5.74) is 1.68. The van der Waals surface area contributed by atoms with E-state index in [1.165, 1.54) is 31.3 Å². The molecule has 0 amide bonds. The molecule has 110 valence electrons. The summed E-state index contributed by atoms with van der Waals surface area (Å²) < 4.78 is 0. The van der Waals surface area contributed by atoms with Crippen LogP contribution in [0.3, 0.4) is 0 Å². The normalized spacial score (nSPS) is 50.6. The third-order valence-electron chi connectivity index (χ3n) is 7.12. The van der Waals surface area contributed by atoms with E-state index in [-0.39, 0.29) is 11.5 Å². The van der Waals surface area contributed by atoms with E-state index in [0.29, 0.717) is 11.7 Å². The van der Waals surface area contributed by atoms with Crippen molar-refractivity contribution in [3.63, 3.8) is 0 Å². The van der Waals surface area contributed by atoms with Gasteiger partial charge in [0.25, 0.3) is 0 Å². The number of hydrogen-bond donors (Lipinski definition) is 2. The van der Waals surface area contributed by atoms with Crippen molar-refractivity contribution in [1.82, 2.24) is 0 Å². The summed E-state index contributed by atoms with van der Waals surface area (Å²) in [4.78, 5) is 0. The summed E-state index contributed by atoms with van der Waals surface area (Å²) >= 11 is 0. The highest BCUT2D eigenvalue weighted by atomic mass is 16.3. The minimum absolute atomic E-state index is 0.0688. The van der Waals surface area contributed by atoms with Crippen LogP contribution < -0.4 is 0 Å². The van der Waals surface area contributed by atoms with Gasteiger partial charge in [0.2, 0.25) is 0 Å². The Morgan fingerprint density at radius 3 is 2.85 bits per heavy atom. The Morgan fingerprint density at radius 1 is 1.15 bits per heavy atom. The van der Waals surface area contributed by atoms with E-state index in [1.54, 1.807) is 0 Å². The Balaban J connectivity index is 1.62. The Morgan fingerprint density at radius 2 is 2.00 bits per heavy atom. The van der Waals surface area contributed by atoms with Crippen LogP contribution in [0.25, 0.3) is 0 Å². The molecule has 0 heterocycles. The van der Waals surface area contributed by atoms with Gasteiger partial charge in [-0.2, -0.15) is 0 Å². The summed E-state index contributed by atoms with van der Waals surface area (Å²) in [6, 6.07) is 0. The van der Waals surface area contributed by atoms with Crippen molar-refractivity contribution in [1.29, 1.82) is 0 Å². The minimum Gasteiger partial charge on any atom is -0.508 e. The molecule has 0 saturated heterocycles. The first-order chi connectivity index (χ1) is 9.59. The monoisotopic (exact) mass is 274 g/mol. The Bertz CT molecular complexity index is 478. The number of hydrogen-bond acceptors (Lipinski definition) is 2. The first kappa shape index (κ1) is 12.9. The fraction of sp³-hybridized carbons (Fsp3) is 0.778. The summed E-state index contributed by atoms with van der Waals surface area (Å²) in [5.74, 6) is 3.49. The summed E-state index contributed by atoms with van der Waals surface area (Å²) in [6.45, 7) is 2.34. The van der Waals surface area contributed by atoms with Crippen LogP contribution in [0.1, 0.15) is 51.9 Å². The zero-order valence-corrected chi connectivity index (χ0v) is 12.4. The molecule has 0 aromatic rings. The lowest BCUT2D eigenvalue weighted by Crippen LogP contribution is -2.47. The van der Waals surface area contributed by atoms with Crippen molar-refractivity contribution in [2.75, 3.05) is 0 Å². The topological polar surface area (TPSA) is 40.5 Å². The van der Waals surface area contributed by atoms with Gasteiger partial charge in [0.05, 0.1) is 6.10 Å². The largest absolute Gasteiger partial charge is 0.508 e. The molecular weight excluding hydrogens is 248 g/mol. The Kier molecular flexibility index (Phi) is 2.82. The molecule has 4 rings (SSSR count). The first-order valence-electron chi connectivity index (χ1n) is 8.37. The van der Waals surface area contributed by atoms with Crippen LogP contribution in [0, 0.1) is 29.1 Å². The number of rotatable bonds is 0. The highest BCUT2D eigenvalue weighted by Gasteiger charge is 2.55. The highest BCUT2D eigenvalue weighted by molar-refractivity contribution is 5.28. The maximum Gasteiger partial charge on any atom is 0.111 e. The van der Waals surface area contributed by atoms with E-state index in [4.69, 9.17) is 0 Å². The smallest absolute Gasteiger partial charge is 0.111 e. The molecule has 0 radical (unpaired) electrons. The molecule has 2 N–H and O–H groups in total. The van der Waals surface area contributed by atoms with Crippen molar-refractivity contribution in [2.45, 2.75) is 58.0 Å². The van der Waals surface area contributed by atoms with Crippen molar-refractivity contribution in [3.05, 3.63) is 23.5 Å². The van der Waals surface area contributed by atoms with Crippen molar-refractivity contribution in [3.8, 4) is 0 Å². The van der Waals surface area contributed by atoms with Gasteiger partial charge < -0.3 is 10.2 Å². The quantitative estimate of drug-likeness (QED) is 0.701. The van der Waals surface area contributed by atoms with Gasteiger partial charge in [0, 0.05) is 0 Å². The fourth-order valence-corrected chi connectivity index (χ4v) is 6.00. The lowest BCUT2D eigenvalue weighted by molar-refractivity contribution is -0.0517. The molecule has 0 bridgehead atoms. The molecule has 3 saturated carbocycles. The van der Waals surface area contributed by atoms with Gasteiger partial charge in [-0.3, -0.25) is 0 Å². The third-order valence-corrected chi connectivity index (χ3v) is 7.12. The Hall–Kier alpha value is -0.760. The van der Waals surface area contributed by atoms with Crippen LogP contribution in [0.4, 0.5) is 0 Å². The molecule has 0 aromatic carbocycles. The molecule has 3 fully saturated rings. The maximum absolute atomic E-state index is 10.4. The molecule has 6 atom stereocenters. The van der Waals surface area contributed by atoms with E-state index in [1.807, 2.05) is 12.2 Å². The summed E-state index contributed by atoms with van der Waals surface area (Å²) in [7, 11) is 0. The lowest BCUT2D eigenvalue weighted by Gasteiger charge is -2.53. The first-order valence-corrected chi connectivity index (χ1v) is 8.37. The Labute approximate surface area is 121 Å². The van der Waals surface area contributed by atoms with Gasteiger partial charge >= 0.3 is 0 Å². The van der Waals surface area contributed by atoms with Crippen LogP contribution in [-0.2, 0) is 0 Å². The fourth-order valence-electron chi connectivity index (χ4n) is 6.00. The van der Waals surface area contributed by atoms with Crippen LogP contribution in [0.2, 0.25) is 0 Å². The molecule has 2 nitrogen and oxygen atoms in total. The van der Waals surface area contributed by atoms with Gasteiger partial charge in [0.15, 0.2) is 0 Å². The van der Waals surface area contributed by atoms with Crippen molar-refractivity contribution < 1.29 is 10.2 Å². The van der Waals surface area contributed by atoms with Gasteiger partial charge in [0.1, 0.15) is 5.76 Å². The molecule has 20 heavy (non-hydrogen) atoms. The van der Waals surface area contributed by atoms with E-state index in [9.17, 15) is 10.2 Å². The van der Waals surface area contributed by atoms with Crippen molar-refractivity contribution in [2.24, 2.45) is 29.1 Å². The average Bonchev–Trinajstić information content (AvgIpc) is 2.74. The van der Waals surface area contributed by atoms with Crippen molar-refractivity contribution >= 4 is 0 Å². The highest BCUT2D eigenvalue weighted by Crippen LogP contribution is 2.61. The molecule has 4 aliphatic carbocycles. The van der Waals surface area contributed by atoms with Crippen LogP contribution in [-0.4, -0.2) is 16.3 Å². The standard InChI is InChI=1S/C18H26O2/c1-18-9-8-14-13-5-3-12(19)10-11(13)2-4-15(14)16(18)6-7-17(18)20/h3,10,13-17,19-20H,2,4-9H2,1H3/t13-,14?,15?,16?,17?,18+/m1/s1. The molecule has 0 aliphatic heterocycles. The van der Waals surface area contributed by atoms with E-state index >= 15 is 0 Å². The second-order valence-electron chi connectivity index (χ2n) is 7.80. The van der Waals surface area contributed by atoms with Crippen LogP contribution in [0.15, 0.2) is 23.5 Å². The summed E-state index contributed by atoms with van der Waals surface area (Å²) in [6.07, 6.45) is 12.1. The molecular formula is C18H26O2. The van der Waals surface area contributed by atoms with Gasteiger partial charge in [-0.15, -0.1) is 0 Å². The second kappa shape index (κ2) is 4.37. The number of aliphatic hydroxyl groups is 2. The predicted molar refractivity (Wildman–Crippen MR) is 79.2 cm³/mol. The molecule has 0 aromatic heterocycles. The van der Waals surface area contributed by atoms with Gasteiger partial charge in [-0.05, 0) is 86.2 Å². The summed E-state index contributed by atoms with van der Waals surface area (Å²) in [5, 5.41) is 20.1. The van der Waals surface area contributed by atoms with Gasteiger partial charge in [-0.25, -0.2) is 0 Å². The molecule has 4 aliphatic rings. The van der Waals surface area contributed by atoms with Crippen LogP contribution >= 0.6 is 0 Å². The molecule has 2 heteroatoms.